The van der Waals surface area contributed by atoms with Gasteiger partial charge in [0, 0.05) is 6.42 Å². The molecule has 1 aliphatic heterocycles. The van der Waals surface area contributed by atoms with Gasteiger partial charge in [-0.1, -0.05) is 62.6 Å². The van der Waals surface area contributed by atoms with Crippen LogP contribution in [0, 0.1) is 0 Å². The van der Waals surface area contributed by atoms with Crippen molar-refractivity contribution in [1.29, 1.82) is 0 Å². The highest BCUT2D eigenvalue weighted by molar-refractivity contribution is 5.66. The van der Waals surface area contributed by atoms with Gasteiger partial charge in [0.05, 0.1) is 6.10 Å². The molecule has 0 amide bonds. The summed E-state index contributed by atoms with van der Waals surface area (Å²) >= 11 is 0. The van der Waals surface area contributed by atoms with Crippen LogP contribution in [0.15, 0.2) is 36.5 Å². The van der Waals surface area contributed by atoms with E-state index in [1.807, 2.05) is 12.2 Å². The van der Waals surface area contributed by atoms with E-state index >= 15 is 0 Å². The number of unbranched alkanes of at least 4 members (excludes halogenated alkanes) is 6. The first-order chi connectivity index (χ1) is 12.6. The number of hydrogen-bond donors (Lipinski definition) is 2. The Labute approximate surface area is 158 Å². The van der Waals surface area contributed by atoms with Crippen LogP contribution in [-0.4, -0.2) is 34.5 Å². The average Bonchev–Trinajstić information content (AvgIpc) is 3.39. The van der Waals surface area contributed by atoms with Gasteiger partial charge in [0.1, 0.15) is 12.2 Å². The second-order valence-electron chi connectivity index (χ2n) is 6.96. The molecule has 1 heterocycles. The molecule has 0 bridgehead atoms. The van der Waals surface area contributed by atoms with Gasteiger partial charge in [-0.05, 0) is 44.9 Å². The van der Waals surface area contributed by atoms with Crippen LogP contribution in [0.1, 0.15) is 77.6 Å². The Morgan fingerprint density at radius 1 is 1.00 bits per heavy atom. The van der Waals surface area contributed by atoms with E-state index in [9.17, 15) is 9.90 Å². The van der Waals surface area contributed by atoms with Gasteiger partial charge in [0.2, 0.25) is 0 Å². The number of ether oxygens (including phenoxy) is 1. The van der Waals surface area contributed by atoms with Crippen molar-refractivity contribution in [3.63, 3.8) is 0 Å². The fourth-order valence-corrected chi connectivity index (χ4v) is 2.84. The molecular formula is C22H36O4. The Balaban J connectivity index is 1.99. The zero-order valence-corrected chi connectivity index (χ0v) is 16.2. The zero-order valence-electron chi connectivity index (χ0n) is 16.2. The summed E-state index contributed by atoms with van der Waals surface area (Å²) in [6.07, 6.45) is 22.6. The van der Waals surface area contributed by atoms with Crippen LogP contribution < -0.4 is 0 Å². The largest absolute Gasteiger partial charge is 0.481 e. The number of aliphatic carboxylic acids is 1. The predicted molar refractivity (Wildman–Crippen MR) is 106 cm³/mol. The number of hydrogen-bond acceptors (Lipinski definition) is 3. The van der Waals surface area contributed by atoms with Gasteiger partial charge in [-0.25, -0.2) is 0 Å². The summed E-state index contributed by atoms with van der Waals surface area (Å²) in [5.74, 6) is -0.714. The fraction of sp³-hybridized carbons (Fsp3) is 0.682. The first kappa shape index (κ1) is 22.7. The molecule has 3 atom stereocenters. The SMILES string of the molecule is CCCCC/C=C\C[C@@H]1O[C@H]1[C@@H](O)/C=C\C/C=C\CCCCCC(=O)O. The van der Waals surface area contributed by atoms with Crippen LogP contribution in [0.5, 0.6) is 0 Å². The molecule has 1 saturated heterocycles. The van der Waals surface area contributed by atoms with Gasteiger partial charge in [0.25, 0.3) is 0 Å². The summed E-state index contributed by atoms with van der Waals surface area (Å²) in [6, 6.07) is 0. The van der Waals surface area contributed by atoms with Crippen molar-refractivity contribution in [2.24, 2.45) is 0 Å². The van der Waals surface area contributed by atoms with Gasteiger partial charge in [-0.3, -0.25) is 4.79 Å². The molecule has 0 aromatic carbocycles. The lowest BCUT2D eigenvalue weighted by Gasteiger charge is -1.99. The van der Waals surface area contributed by atoms with Gasteiger partial charge in [-0.15, -0.1) is 0 Å². The molecule has 26 heavy (non-hydrogen) atoms. The lowest BCUT2D eigenvalue weighted by Crippen LogP contribution is -2.13. The minimum Gasteiger partial charge on any atom is -0.481 e. The molecule has 0 saturated carbocycles. The third-order valence-corrected chi connectivity index (χ3v) is 4.50. The third-order valence-electron chi connectivity index (χ3n) is 4.50. The van der Waals surface area contributed by atoms with Gasteiger partial charge in [-0.2, -0.15) is 0 Å². The predicted octanol–water partition coefficient (Wildman–Crippen LogP) is 5.18. The number of aliphatic hydroxyl groups excluding tert-OH is 1. The molecule has 0 aromatic rings. The topological polar surface area (TPSA) is 70.1 Å². The van der Waals surface area contributed by atoms with Crippen LogP contribution >= 0.6 is 0 Å². The minimum atomic E-state index is -0.714. The third kappa shape index (κ3) is 12.0. The number of epoxide rings is 1. The Morgan fingerprint density at radius 3 is 2.46 bits per heavy atom. The minimum absolute atomic E-state index is 0.0512. The molecule has 4 nitrogen and oxygen atoms in total. The first-order valence-corrected chi connectivity index (χ1v) is 10.2. The second-order valence-corrected chi connectivity index (χ2v) is 6.96. The van der Waals surface area contributed by atoms with Crippen molar-refractivity contribution in [2.45, 2.75) is 95.9 Å². The molecule has 0 aliphatic carbocycles. The molecule has 2 N–H and O–H groups in total. The number of carbonyl (C=O) groups is 1. The van der Waals surface area contributed by atoms with Crippen LogP contribution in [0.3, 0.4) is 0 Å². The second kappa shape index (κ2) is 14.7. The zero-order chi connectivity index (χ0) is 19.0. The molecule has 4 heteroatoms. The average molecular weight is 365 g/mol. The summed E-state index contributed by atoms with van der Waals surface area (Å²) in [4.78, 5) is 10.4. The van der Waals surface area contributed by atoms with Gasteiger partial charge < -0.3 is 14.9 Å². The number of carboxylic acids is 1. The number of aliphatic hydroxyl groups is 1. The normalized spacial score (nSPS) is 21.2. The molecule has 1 fully saturated rings. The summed E-state index contributed by atoms with van der Waals surface area (Å²) in [5.41, 5.74) is 0. The molecular weight excluding hydrogens is 328 g/mol. The maximum Gasteiger partial charge on any atom is 0.303 e. The van der Waals surface area contributed by atoms with Crippen molar-refractivity contribution in [2.75, 3.05) is 0 Å². The molecule has 1 aliphatic rings. The van der Waals surface area contributed by atoms with Crippen molar-refractivity contribution >= 4 is 5.97 Å². The summed E-state index contributed by atoms with van der Waals surface area (Å²) in [7, 11) is 0. The Morgan fingerprint density at radius 2 is 1.73 bits per heavy atom. The maximum absolute atomic E-state index is 10.4. The van der Waals surface area contributed by atoms with Gasteiger partial charge >= 0.3 is 5.97 Å². The van der Waals surface area contributed by atoms with E-state index < -0.39 is 12.1 Å². The highest BCUT2D eigenvalue weighted by Crippen LogP contribution is 2.29. The van der Waals surface area contributed by atoms with Crippen molar-refractivity contribution in [3.05, 3.63) is 36.5 Å². The molecule has 148 valence electrons. The molecule has 0 unspecified atom stereocenters. The van der Waals surface area contributed by atoms with E-state index in [4.69, 9.17) is 9.84 Å². The van der Waals surface area contributed by atoms with Crippen molar-refractivity contribution < 1.29 is 19.7 Å². The standard InChI is InChI=1S/C22H36O4/c1-2-3-4-5-11-14-17-20-22(26-20)19(23)16-13-10-8-6-7-9-12-15-18-21(24)25/h6,8,11,13-14,16,19-20,22-23H,2-5,7,9-10,12,15,17-18H2,1H3,(H,24,25)/b8-6-,14-11-,16-13-/t19-,20-,22-/m0/s1. The summed E-state index contributed by atoms with van der Waals surface area (Å²) < 4.78 is 5.54. The Bertz CT molecular complexity index is 453. The number of rotatable bonds is 16. The van der Waals surface area contributed by atoms with E-state index in [0.717, 1.165) is 44.9 Å². The van der Waals surface area contributed by atoms with Crippen molar-refractivity contribution in [3.8, 4) is 0 Å². The molecule has 0 radical (unpaired) electrons. The molecule has 1 rings (SSSR count). The van der Waals surface area contributed by atoms with E-state index in [1.165, 1.54) is 19.3 Å². The monoisotopic (exact) mass is 364 g/mol. The maximum atomic E-state index is 10.4. The van der Waals surface area contributed by atoms with E-state index in [0.29, 0.717) is 0 Å². The fourth-order valence-electron chi connectivity index (χ4n) is 2.84. The quantitative estimate of drug-likeness (QED) is 0.225. The lowest BCUT2D eigenvalue weighted by molar-refractivity contribution is -0.137. The van der Waals surface area contributed by atoms with E-state index in [-0.39, 0.29) is 18.6 Å². The van der Waals surface area contributed by atoms with Crippen LogP contribution in [-0.2, 0) is 9.53 Å². The smallest absolute Gasteiger partial charge is 0.303 e. The highest BCUT2D eigenvalue weighted by atomic mass is 16.6. The van der Waals surface area contributed by atoms with E-state index in [2.05, 4.69) is 31.2 Å². The molecule has 0 spiro atoms. The highest BCUT2D eigenvalue weighted by Gasteiger charge is 2.42. The number of carboxylic acid groups (broad SMARTS) is 1. The van der Waals surface area contributed by atoms with E-state index in [1.54, 1.807) is 0 Å². The van der Waals surface area contributed by atoms with Crippen LogP contribution in [0.2, 0.25) is 0 Å². The first-order valence-electron chi connectivity index (χ1n) is 10.2. The molecule has 0 aromatic heterocycles. The Kier molecular flexibility index (Phi) is 12.8. The Hall–Kier alpha value is -1.39. The van der Waals surface area contributed by atoms with Crippen LogP contribution in [0.4, 0.5) is 0 Å². The van der Waals surface area contributed by atoms with Crippen molar-refractivity contribution in [1.82, 2.24) is 0 Å². The van der Waals surface area contributed by atoms with Crippen LogP contribution in [0.25, 0.3) is 0 Å². The number of allylic oxidation sites excluding steroid dienone is 4. The lowest BCUT2D eigenvalue weighted by atomic mass is 10.1. The summed E-state index contributed by atoms with van der Waals surface area (Å²) in [5, 5.41) is 18.6. The summed E-state index contributed by atoms with van der Waals surface area (Å²) in [6.45, 7) is 2.21. The van der Waals surface area contributed by atoms with Gasteiger partial charge in [0.15, 0.2) is 0 Å².